The summed E-state index contributed by atoms with van der Waals surface area (Å²) in [6.07, 6.45) is 0.999. The van der Waals surface area contributed by atoms with Gasteiger partial charge in [0.25, 0.3) is 0 Å². The lowest BCUT2D eigenvalue weighted by Gasteiger charge is -2.35. The molecule has 1 heterocycles. The van der Waals surface area contributed by atoms with Crippen molar-refractivity contribution < 1.29 is 12.8 Å². The molecular weight excluding hydrogens is 377 g/mol. The van der Waals surface area contributed by atoms with E-state index in [1.165, 1.54) is 10.4 Å². The zero-order chi connectivity index (χ0) is 20.3. The Bertz CT molecular complexity index is 976. The van der Waals surface area contributed by atoms with Gasteiger partial charge in [0.05, 0.1) is 10.6 Å². The van der Waals surface area contributed by atoms with Crippen molar-refractivity contribution in [3.63, 3.8) is 0 Å². The van der Waals surface area contributed by atoms with Crippen LogP contribution in [0, 0.1) is 17.1 Å². The number of anilines is 1. The predicted octanol–water partition coefficient (Wildman–Crippen LogP) is 3.72. The molecule has 3 rings (SSSR count). The van der Waals surface area contributed by atoms with Crippen LogP contribution in [0.1, 0.15) is 37.3 Å². The summed E-state index contributed by atoms with van der Waals surface area (Å²) in [4.78, 5) is 2.15. The molecule has 5 nitrogen and oxygen atoms in total. The lowest BCUT2D eigenvalue weighted by molar-refractivity contribution is 0.384. The highest BCUT2D eigenvalue weighted by Crippen LogP contribution is 2.26. The van der Waals surface area contributed by atoms with E-state index in [-0.39, 0.29) is 23.5 Å². The Morgan fingerprint density at radius 1 is 1.11 bits per heavy atom. The Morgan fingerprint density at radius 2 is 1.75 bits per heavy atom. The number of rotatable bonds is 5. The van der Waals surface area contributed by atoms with Crippen molar-refractivity contribution in [2.45, 2.75) is 31.1 Å². The Balaban J connectivity index is 1.74. The van der Waals surface area contributed by atoms with Crippen LogP contribution in [0.5, 0.6) is 0 Å². The second-order valence-electron chi connectivity index (χ2n) is 7.02. The van der Waals surface area contributed by atoms with E-state index >= 15 is 0 Å². The van der Waals surface area contributed by atoms with E-state index in [9.17, 15) is 18.1 Å². The molecular formula is C21H24FN3O2S. The van der Waals surface area contributed by atoms with Crippen LogP contribution < -0.4 is 4.90 Å². The minimum Gasteiger partial charge on any atom is -0.368 e. The number of benzene rings is 2. The van der Waals surface area contributed by atoms with Gasteiger partial charge in [-0.15, -0.1) is 0 Å². The van der Waals surface area contributed by atoms with Gasteiger partial charge in [0, 0.05) is 26.2 Å². The van der Waals surface area contributed by atoms with E-state index in [0.717, 1.165) is 12.0 Å². The van der Waals surface area contributed by atoms with Gasteiger partial charge in [-0.25, -0.2) is 12.8 Å². The smallest absolute Gasteiger partial charge is 0.243 e. The van der Waals surface area contributed by atoms with Gasteiger partial charge in [0.15, 0.2) is 0 Å². The minimum absolute atomic E-state index is 0.000519. The summed E-state index contributed by atoms with van der Waals surface area (Å²) in [7, 11) is -3.57. The summed E-state index contributed by atoms with van der Waals surface area (Å²) >= 11 is 0. The molecule has 0 radical (unpaired) electrons. The first kappa shape index (κ1) is 20.3. The average molecular weight is 402 g/mol. The fourth-order valence-corrected chi connectivity index (χ4v) is 4.83. The number of hydrogen-bond acceptors (Lipinski definition) is 4. The zero-order valence-electron chi connectivity index (χ0n) is 16.1. The maximum Gasteiger partial charge on any atom is 0.243 e. The minimum atomic E-state index is -3.57. The highest BCUT2D eigenvalue weighted by molar-refractivity contribution is 7.89. The SMILES string of the molecule is CC[C@H](C)c1ccc(S(=O)(=O)N2CCN(c3cccc(F)c3C#N)CC2)cc1. The standard InChI is InChI=1S/C21H24FN3O2S/c1-3-16(2)17-7-9-18(10-8-17)28(26,27)25-13-11-24(12-14-25)21-6-4-5-20(22)19(21)15-23/h4-10,16H,3,11-14H2,1-2H3/t16-/m0/s1. The maximum absolute atomic E-state index is 13.9. The lowest BCUT2D eigenvalue weighted by Crippen LogP contribution is -2.48. The summed E-state index contributed by atoms with van der Waals surface area (Å²) in [5.74, 6) is -0.169. The summed E-state index contributed by atoms with van der Waals surface area (Å²) in [5.41, 5.74) is 1.64. The van der Waals surface area contributed by atoms with Crippen LogP contribution in [-0.4, -0.2) is 38.9 Å². The van der Waals surface area contributed by atoms with E-state index in [1.807, 2.05) is 23.1 Å². The molecule has 0 amide bonds. The van der Waals surface area contributed by atoms with Crippen LogP contribution >= 0.6 is 0 Å². The van der Waals surface area contributed by atoms with Gasteiger partial charge in [0.2, 0.25) is 10.0 Å². The van der Waals surface area contributed by atoms with E-state index in [4.69, 9.17) is 0 Å². The van der Waals surface area contributed by atoms with Crippen LogP contribution in [0.3, 0.4) is 0 Å². The Kier molecular flexibility index (Phi) is 6.01. The molecule has 0 bridgehead atoms. The van der Waals surface area contributed by atoms with E-state index in [0.29, 0.717) is 24.7 Å². The van der Waals surface area contributed by atoms with E-state index < -0.39 is 15.8 Å². The zero-order valence-corrected chi connectivity index (χ0v) is 16.9. The average Bonchev–Trinajstić information content (AvgIpc) is 2.73. The van der Waals surface area contributed by atoms with Crippen molar-refractivity contribution in [1.82, 2.24) is 4.31 Å². The first-order valence-electron chi connectivity index (χ1n) is 9.42. The first-order chi connectivity index (χ1) is 13.4. The van der Waals surface area contributed by atoms with Gasteiger partial charge in [-0.2, -0.15) is 9.57 Å². The highest BCUT2D eigenvalue weighted by atomic mass is 32.2. The van der Waals surface area contributed by atoms with Crippen LogP contribution in [-0.2, 0) is 10.0 Å². The molecule has 0 unspecified atom stereocenters. The van der Waals surface area contributed by atoms with Crippen LogP contribution in [0.2, 0.25) is 0 Å². The molecule has 148 valence electrons. The van der Waals surface area contributed by atoms with Crippen LogP contribution in [0.25, 0.3) is 0 Å². The number of hydrogen-bond donors (Lipinski definition) is 0. The van der Waals surface area contributed by atoms with Crippen LogP contribution in [0.4, 0.5) is 10.1 Å². The first-order valence-corrected chi connectivity index (χ1v) is 10.9. The van der Waals surface area contributed by atoms with Gasteiger partial charge in [-0.3, -0.25) is 0 Å². The van der Waals surface area contributed by atoms with Crippen molar-refractivity contribution in [1.29, 1.82) is 5.26 Å². The lowest BCUT2D eigenvalue weighted by atomic mass is 9.99. The molecule has 1 saturated heterocycles. The second-order valence-corrected chi connectivity index (χ2v) is 8.95. The van der Waals surface area contributed by atoms with E-state index in [2.05, 4.69) is 13.8 Å². The second kappa shape index (κ2) is 8.29. The summed E-state index contributed by atoms with van der Waals surface area (Å²) in [5, 5.41) is 9.22. The largest absolute Gasteiger partial charge is 0.368 e. The predicted molar refractivity (Wildman–Crippen MR) is 107 cm³/mol. The molecule has 0 saturated carbocycles. The molecule has 1 aliphatic rings. The summed E-state index contributed by atoms with van der Waals surface area (Å²) in [6.45, 7) is 5.61. The fraction of sp³-hybridized carbons (Fsp3) is 0.381. The number of sulfonamides is 1. The van der Waals surface area contributed by atoms with Gasteiger partial charge < -0.3 is 4.90 Å². The van der Waals surface area contributed by atoms with Crippen molar-refractivity contribution in [3.05, 3.63) is 59.4 Å². The topological polar surface area (TPSA) is 64.4 Å². The van der Waals surface area contributed by atoms with E-state index in [1.54, 1.807) is 24.3 Å². The summed E-state index contributed by atoms with van der Waals surface area (Å²) in [6, 6.07) is 13.5. The fourth-order valence-electron chi connectivity index (χ4n) is 3.41. The number of nitrogens with zero attached hydrogens (tertiary/aromatic N) is 3. The molecule has 0 spiro atoms. The number of nitriles is 1. The third kappa shape index (κ3) is 3.89. The van der Waals surface area contributed by atoms with Gasteiger partial charge in [0.1, 0.15) is 17.4 Å². The Morgan fingerprint density at radius 3 is 2.32 bits per heavy atom. The molecule has 0 N–H and O–H groups in total. The van der Waals surface area contributed by atoms with Crippen molar-refractivity contribution in [2.24, 2.45) is 0 Å². The third-order valence-electron chi connectivity index (χ3n) is 5.38. The molecule has 1 aliphatic heterocycles. The van der Waals surface area contributed by atoms with Crippen molar-refractivity contribution in [2.75, 3.05) is 31.1 Å². The van der Waals surface area contributed by atoms with Crippen molar-refractivity contribution >= 4 is 15.7 Å². The molecule has 1 atom stereocenters. The molecule has 0 aromatic heterocycles. The maximum atomic E-state index is 13.9. The van der Waals surface area contributed by atoms with Crippen LogP contribution in [0.15, 0.2) is 47.4 Å². The van der Waals surface area contributed by atoms with Gasteiger partial charge >= 0.3 is 0 Å². The highest BCUT2D eigenvalue weighted by Gasteiger charge is 2.29. The molecule has 28 heavy (non-hydrogen) atoms. The molecule has 0 aliphatic carbocycles. The molecule has 2 aromatic carbocycles. The Hall–Kier alpha value is -2.43. The molecule has 2 aromatic rings. The summed E-state index contributed by atoms with van der Waals surface area (Å²) < 4.78 is 41.2. The molecule has 1 fully saturated rings. The van der Waals surface area contributed by atoms with Gasteiger partial charge in [-0.05, 0) is 42.2 Å². The Labute approximate surface area is 166 Å². The van der Waals surface area contributed by atoms with Gasteiger partial charge in [-0.1, -0.05) is 32.0 Å². The number of halogens is 1. The monoisotopic (exact) mass is 401 g/mol. The normalized spacial score (nSPS) is 16.6. The molecule has 7 heteroatoms. The van der Waals surface area contributed by atoms with Crippen molar-refractivity contribution in [3.8, 4) is 6.07 Å². The quantitative estimate of drug-likeness (QED) is 0.766. The number of piperazine rings is 1. The third-order valence-corrected chi connectivity index (χ3v) is 7.29.